The third kappa shape index (κ3) is 5.10. The van der Waals surface area contributed by atoms with Crippen LogP contribution >= 0.6 is 0 Å². The molecule has 2 heterocycles. The molecule has 0 fully saturated rings. The van der Waals surface area contributed by atoms with Crippen molar-refractivity contribution in [1.82, 2.24) is 25.0 Å². The van der Waals surface area contributed by atoms with Gasteiger partial charge >= 0.3 is 6.18 Å². The molecule has 2 aromatic heterocycles. The van der Waals surface area contributed by atoms with Gasteiger partial charge in [-0.1, -0.05) is 0 Å². The molecule has 1 amide bonds. The predicted molar refractivity (Wildman–Crippen MR) is 80.7 cm³/mol. The molecule has 0 aromatic carbocycles. The molecule has 0 bridgehead atoms. The average molecular weight is 378 g/mol. The molecule has 7 nitrogen and oxygen atoms in total. The van der Waals surface area contributed by atoms with Crippen LogP contribution in [-0.4, -0.2) is 37.9 Å². The fourth-order valence-corrected chi connectivity index (χ4v) is 2.10. The minimum atomic E-state index is -4.40. The molecule has 0 aliphatic carbocycles. The van der Waals surface area contributed by atoms with E-state index in [4.69, 9.17) is 0 Å². The van der Waals surface area contributed by atoms with E-state index >= 15 is 0 Å². The molecule has 0 saturated carbocycles. The summed E-state index contributed by atoms with van der Waals surface area (Å²) in [7, 11) is 0. The van der Waals surface area contributed by atoms with Crippen molar-refractivity contribution in [1.29, 1.82) is 0 Å². The summed E-state index contributed by atoms with van der Waals surface area (Å²) >= 11 is 0. The first-order chi connectivity index (χ1) is 12.1. The number of carbonyl (C=O) groups is 1. The largest absolute Gasteiger partial charge is 0.408 e. The Hall–Kier alpha value is -2.79. The summed E-state index contributed by atoms with van der Waals surface area (Å²) < 4.78 is 63.8. The Morgan fingerprint density at radius 1 is 1.38 bits per heavy atom. The molecule has 1 unspecified atom stereocenters. The van der Waals surface area contributed by atoms with Crippen molar-refractivity contribution in [2.24, 2.45) is 5.10 Å². The van der Waals surface area contributed by atoms with Gasteiger partial charge in [-0.2, -0.15) is 28.5 Å². The average Bonchev–Trinajstić information content (AvgIpc) is 3.11. The summed E-state index contributed by atoms with van der Waals surface area (Å²) in [6.45, 7) is 1.73. The highest BCUT2D eigenvalue weighted by atomic mass is 19.4. The van der Waals surface area contributed by atoms with Crippen LogP contribution in [0.3, 0.4) is 0 Å². The minimum Gasteiger partial charge on any atom is -0.271 e. The zero-order valence-corrected chi connectivity index (χ0v) is 13.7. The Morgan fingerprint density at radius 3 is 2.65 bits per heavy atom. The van der Waals surface area contributed by atoms with E-state index in [-0.39, 0.29) is 5.69 Å². The zero-order chi connectivity index (χ0) is 19.5. The Bertz CT molecular complexity index is 794. The summed E-state index contributed by atoms with van der Waals surface area (Å²) in [6, 6.07) is 1.55. The van der Waals surface area contributed by atoms with Crippen molar-refractivity contribution in [3.8, 4) is 0 Å². The molecule has 142 valence electrons. The van der Waals surface area contributed by atoms with Gasteiger partial charge in [0.1, 0.15) is 24.0 Å². The van der Waals surface area contributed by atoms with Gasteiger partial charge in [-0.15, -0.1) is 0 Å². The van der Waals surface area contributed by atoms with Gasteiger partial charge in [-0.3, -0.25) is 14.2 Å². The first-order valence-corrected chi connectivity index (χ1v) is 7.34. The van der Waals surface area contributed by atoms with Crippen LogP contribution in [0.15, 0.2) is 23.4 Å². The fraction of sp³-hybridized carbons (Fsp3) is 0.429. The Morgan fingerprint density at radius 2 is 2.08 bits per heavy atom. The van der Waals surface area contributed by atoms with E-state index in [0.29, 0.717) is 10.4 Å². The number of alkyl halides is 5. The number of amides is 1. The second-order valence-electron chi connectivity index (χ2n) is 5.42. The summed E-state index contributed by atoms with van der Waals surface area (Å²) in [4.78, 5) is 12.0. The van der Waals surface area contributed by atoms with Gasteiger partial charge in [0, 0.05) is 11.9 Å². The summed E-state index contributed by atoms with van der Waals surface area (Å²) in [5.74, 6) is -0.636. The van der Waals surface area contributed by atoms with Crippen LogP contribution in [0.5, 0.6) is 0 Å². The molecule has 0 aliphatic rings. The molecular weight excluding hydrogens is 363 g/mol. The van der Waals surface area contributed by atoms with E-state index in [1.165, 1.54) is 26.0 Å². The number of rotatable bonds is 6. The van der Waals surface area contributed by atoms with E-state index in [2.05, 4.69) is 20.7 Å². The van der Waals surface area contributed by atoms with Crippen LogP contribution < -0.4 is 5.43 Å². The van der Waals surface area contributed by atoms with Crippen molar-refractivity contribution in [2.45, 2.75) is 39.0 Å². The molecular formula is C14H15F5N6O. The van der Waals surface area contributed by atoms with Gasteiger partial charge in [0.2, 0.25) is 0 Å². The fourth-order valence-electron chi connectivity index (χ4n) is 2.10. The summed E-state index contributed by atoms with van der Waals surface area (Å²) in [5.41, 5.74) is 2.20. The highest BCUT2D eigenvalue weighted by Crippen LogP contribution is 2.20. The number of nitrogens with one attached hydrogen (secondary N) is 1. The van der Waals surface area contributed by atoms with Gasteiger partial charge in [0.15, 0.2) is 0 Å². The standard InChI is InChI=1S/C14H15F5N6O/c1-8-5-11(12(15)16)23-25(8)9(2)13(26)21-20-6-10-3-4-24(22-10)7-14(17,18)19/h3-6,9,12H,7H2,1-2H3,(H,21,26). The molecule has 2 rings (SSSR count). The number of aryl methyl sites for hydroxylation is 1. The lowest BCUT2D eigenvalue weighted by Crippen LogP contribution is -2.28. The molecule has 1 N–H and O–H groups in total. The maximum Gasteiger partial charge on any atom is 0.408 e. The number of carbonyl (C=O) groups excluding carboxylic acids is 1. The van der Waals surface area contributed by atoms with Crippen LogP contribution in [0.4, 0.5) is 22.0 Å². The lowest BCUT2D eigenvalue weighted by Gasteiger charge is -2.12. The third-order valence-corrected chi connectivity index (χ3v) is 3.29. The van der Waals surface area contributed by atoms with Crippen LogP contribution in [0, 0.1) is 6.92 Å². The van der Waals surface area contributed by atoms with E-state index < -0.39 is 36.8 Å². The van der Waals surface area contributed by atoms with Gasteiger partial charge in [-0.25, -0.2) is 14.2 Å². The molecule has 0 radical (unpaired) electrons. The number of hydrogen-bond donors (Lipinski definition) is 1. The number of aromatic nitrogens is 4. The zero-order valence-electron chi connectivity index (χ0n) is 13.7. The Kier molecular flexibility index (Phi) is 5.73. The van der Waals surface area contributed by atoms with Crippen LogP contribution in [-0.2, 0) is 11.3 Å². The first-order valence-electron chi connectivity index (χ1n) is 7.34. The van der Waals surface area contributed by atoms with Gasteiger partial charge in [0.05, 0.1) is 6.21 Å². The van der Waals surface area contributed by atoms with E-state index in [0.717, 1.165) is 17.1 Å². The molecule has 1 atom stereocenters. The molecule has 0 spiro atoms. The topological polar surface area (TPSA) is 77.1 Å². The molecule has 0 aliphatic heterocycles. The van der Waals surface area contributed by atoms with Crippen molar-refractivity contribution >= 4 is 12.1 Å². The van der Waals surface area contributed by atoms with Crippen molar-refractivity contribution in [2.75, 3.05) is 0 Å². The van der Waals surface area contributed by atoms with Gasteiger partial charge < -0.3 is 0 Å². The predicted octanol–water partition coefficient (Wildman–Crippen LogP) is 2.60. The lowest BCUT2D eigenvalue weighted by molar-refractivity contribution is -0.142. The van der Waals surface area contributed by atoms with E-state index in [1.54, 1.807) is 0 Å². The third-order valence-electron chi connectivity index (χ3n) is 3.29. The number of nitrogens with zero attached hydrogens (tertiary/aromatic N) is 5. The number of hydrogen-bond acceptors (Lipinski definition) is 4. The van der Waals surface area contributed by atoms with E-state index in [1.807, 2.05) is 0 Å². The monoisotopic (exact) mass is 378 g/mol. The normalized spacial score (nSPS) is 13.5. The highest BCUT2D eigenvalue weighted by molar-refractivity contribution is 5.82. The van der Waals surface area contributed by atoms with Crippen molar-refractivity contribution < 1.29 is 26.7 Å². The number of hydrazone groups is 1. The Labute approximate surface area is 144 Å². The highest BCUT2D eigenvalue weighted by Gasteiger charge is 2.28. The second kappa shape index (κ2) is 7.62. The van der Waals surface area contributed by atoms with Crippen LogP contribution in [0.25, 0.3) is 0 Å². The SMILES string of the molecule is Cc1cc(C(F)F)nn1C(C)C(=O)NN=Cc1ccn(CC(F)(F)F)n1. The lowest BCUT2D eigenvalue weighted by atomic mass is 10.3. The molecule has 26 heavy (non-hydrogen) atoms. The maximum atomic E-state index is 12.6. The van der Waals surface area contributed by atoms with Crippen LogP contribution in [0.2, 0.25) is 0 Å². The summed E-state index contributed by atoms with van der Waals surface area (Å²) in [5, 5.41) is 10.9. The summed E-state index contributed by atoms with van der Waals surface area (Å²) in [6.07, 6.45) is -4.96. The van der Waals surface area contributed by atoms with Gasteiger partial charge in [-0.05, 0) is 26.0 Å². The van der Waals surface area contributed by atoms with Crippen molar-refractivity contribution in [3.05, 3.63) is 35.4 Å². The second-order valence-corrected chi connectivity index (χ2v) is 5.42. The Balaban J connectivity index is 1.96. The van der Waals surface area contributed by atoms with Crippen molar-refractivity contribution in [3.63, 3.8) is 0 Å². The minimum absolute atomic E-state index is 0.109. The van der Waals surface area contributed by atoms with Gasteiger partial charge in [0.25, 0.3) is 12.3 Å². The molecule has 0 saturated heterocycles. The molecule has 2 aromatic rings. The quantitative estimate of drug-likeness (QED) is 0.477. The smallest absolute Gasteiger partial charge is 0.271 e. The molecule has 12 heteroatoms. The maximum absolute atomic E-state index is 12.6. The van der Waals surface area contributed by atoms with Crippen LogP contribution in [0.1, 0.15) is 36.5 Å². The first kappa shape index (κ1) is 19.5. The number of halogens is 5. The van der Waals surface area contributed by atoms with E-state index in [9.17, 15) is 26.7 Å².